The first-order valence-electron chi connectivity index (χ1n) is 4.48. The first-order chi connectivity index (χ1) is 7.67. The van der Waals surface area contributed by atoms with Crippen LogP contribution < -0.4 is 10.5 Å². The number of nitrogen functional groups attached to an aromatic ring is 1. The number of carbonyl (C=O) groups excluding carboxylic acids is 1. The molecule has 0 aliphatic rings. The maximum absolute atomic E-state index is 11.5. The van der Waals surface area contributed by atoms with Gasteiger partial charge in [0.05, 0.1) is 24.5 Å². The molecule has 0 aliphatic heterocycles. The summed E-state index contributed by atoms with van der Waals surface area (Å²) in [7, 11) is 2.88. The number of ether oxygens (including phenoxy) is 2. The summed E-state index contributed by atoms with van der Waals surface area (Å²) in [5.74, 6) is 0.187. The third kappa shape index (κ3) is 1.57. The highest BCUT2D eigenvalue weighted by Gasteiger charge is 2.16. The van der Waals surface area contributed by atoms with E-state index in [0.29, 0.717) is 26.7 Å². The van der Waals surface area contributed by atoms with Crippen LogP contribution in [-0.4, -0.2) is 25.2 Å². The third-order valence-corrected chi connectivity index (χ3v) is 3.07. The summed E-state index contributed by atoms with van der Waals surface area (Å²) in [6.45, 7) is 0. The molecule has 0 unspecified atom stereocenters. The minimum absolute atomic E-state index is 0.393. The number of fused-ring (bicyclic) bond motifs is 1. The Labute approximate surface area is 95.8 Å². The Hall–Kier alpha value is -1.82. The van der Waals surface area contributed by atoms with Gasteiger partial charge < -0.3 is 15.2 Å². The molecule has 84 valence electrons. The fourth-order valence-electron chi connectivity index (χ4n) is 1.44. The van der Waals surface area contributed by atoms with Crippen molar-refractivity contribution in [3.8, 4) is 5.75 Å². The minimum atomic E-state index is -0.406. The standard InChI is InChI=1S/C10H10N2O3S/c1-14-6-4-3-5(9(13)15-2)8-7(6)12-10(11)16-8/h3-4H,1-2H3,(H2,11,12). The molecule has 1 aromatic heterocycles. The summed E-state index contributed by atoms with van der Waals surface area (Å²) in [4.78, 5) is 15.6. The van der Waals surface area contributed by atoms with Crippen molar-refractivity contribution in [2.75, 3.05) is 20.0 Å². The Morgan fingerprint density at radius 1 is 1.44 bits per heavy atom. The number of nitrogens with two attached hydrogens (primary N) is 1. The number of benzene rings is 1. The van der Waals surface area contributed by atoms with E-state index in [1.165, 1.54) is 18.4 Å². The van der Waals surface area contributed by atoms with Crippen LogP contribution in [0.25, 0.3) is 10.2 Å². The van der Waals surface area contributed by atoms with Crippen LogP contribution in [0.3, 0.4) is 0 Å². The van der Waals surface area contributed by atoms with E-state index in [9.17, 15) is 4.79 Å². The van der Waals surface area contributed by atoms with E-state index in [2.05, 4.69) is 9.72 Å². The topological polar surface area (TPSA) is 74.4 Å². The van der Waals surface area contributed by atoms with Crippen molar-refractivity contribution < 1.29 is 14.3 Å². The fourth-order valence-corrected chi connectivity index (χ4v) is 2.29. The average molecular weight is 238 g/mol. The Morgan fingerprint density at radius 2 is 2.19 bits per heavy atom. The van der Waals surface area contributed by atoms with E-state index in [0.717, 1.165) is 0 Å². The highest BCUT2D eigenvalue weighted by Crippen LogP contribution is 2.34. The van der Waals surface area contributed by atoms with Gasteiger partial charge >= 0.3 is 5.97 Å². The van der Waals surface area contributed by atoms with Gasteiger partial charge in [0, 0.05) is 0 Å². The second kappa shape index (κ2) is 3.97. The first-order valence-corrected chi connectivity index (χ1v) is 5.30. The number of anilines is 1. The summed E-state index contributed by atoms with van der Waals surface area (Å²) in [6, 6.07) is 3.32. The lowest BCUT2D eigenvalue weighted by atomic mass is 10.2. The zero-order valence-corrected chi connectivity index (χ0v) is 9.63. The molecule has 0 spiro atoms. The molecule has 5 nitrogen and oxygen atoms in total. The van der Waals surface area contributed by atoms with Crippen molar-refractivity contribution in [1.29, 1.82) is 0 Å². The normalized spacial score (nSPS) is 10.4. The van der Waals surface area contributed by atoms with Crippen molar-refractivity contribution in [3.05, 3.63) is 17.7 Å². The number of thiazole rings is 1. The summed E-state index contributed by atoms with van der Waals surface area (Å²) < 4.78 is 10.5. The number of aromatic nitrogens is 1. The van der Waals surface area contributed by atoms with Gasteiger partial charge in [0.1, 0.15) is 11.3 Å². The van der Waals surface area contributed by atoms with Gasteiger partial charge in [-0.3, -0.25) is 0 Å². The van der Waals surface area contributed by atoms with Crippen LogP contribution >= 0.6 is 11.3 Å². The Bertz CT molecular complexity index is 550. The van der Waals surface area contributed by atoms with Crippen molar-refractivity contribution >= 4 is 32.7 Å². The molecule has 0 radical (unpaired) electrons. The fraction of sp³-hybridized carbons (Fsp3) is 0.200. The number of esters is 1. The van der Waals surface area contributed by atoms with Crippen LogP contribution in [0.2, 0.25) is 0 Å². The molecule has 2 aromatic rings. The van der Waals surface area contributed by atoms with Gasteiger partial charge in [-0.15, -0.1) is 0 Å². The lowest BCUT2D eigenvalue weighted by Gasteiger charge is -2.03. The monoisotopic (exact) mass is 238 g/mol. The maximum Gasteiger partial charge on any atom is 0.339 e. The van der Waals surface area contributed by atoms with Crippen molar-refractivity contribution in [3.63, 3.8) is 0 Å². The number of hydrogen-bond acceptors (Lipinski definition) is 6. The van der Waals surface area contributed by atoms with Crippen LogP contribution in [-0.2, 0) is 4.74 Å². The second-order valence-corrected chi connectivity index (χ2v) is 4.07. The molecule has 16 heavy (non-hydrogen) atoms. The first kappa shape index (κ1) is 10.7. The molecule has 0 saturated heterocycles. The summed E-state index contributed by atoms with van der Waals surface area (Å²) >= 11 is 1.24. The Kier molecular flexibility index (Phi) is 2.66. The van der Waals surface area contributed by atoms with Crippen LogP contribution in [0.5, 0.6) is 5.75 Å². The van der Waals surface area contributed by atoms with Gasteiger partial charge in [0.25, 0.3) is 0 Å². The average Bonchev–Trinajstić information content (AvgIpc) is 2.67. The molecule has 0 bridgehead atoms. The van der Waals surface area contributed by atoms with Crippen LogP contribution in [0.4, 0.5) is 5.13 Å². The quantitative estimate of drug-likeness (QED) is 0.805. The molecule has 0 aliphatic carbocycles. The van der Waals surface area contributed by atoms with E-state index in [-0.39, 0.29) is 0 Å². The van der Waals surface area contributed by atoms with Crippen LogP contribution in [0, 0.1) is 0 Å². The maximum atomic E-state index is 11.5. The van der Waals surface area contributed by atoms with E-state index < -0.39 is 5.97 Å². The molecule has 6 heteroatoms. The minimum Gasteiger partial charge on any atom is -0.494 e. The van der Waals surface area contributed by atoms with Gasteiger partial charge in [-0.25, -0.2) is 9.78 Å². The smallest absolute Gasteiger partial charge is 0.339 e. The predicted molar refractivity (Wildman–Crippen MR) is 61.9 cm³/mol. The summed E-state index contributed by atoms with van der Waals surface area (Å²) in [6.07, 6.45) is 0. The SMILES string of the molecule is COC(=O)c1ccc(OC)c2nc(N)sc12. The summed E-state index contributed by atoms with van der Waals surface area (Å²) in [5, 5.41) is 0.393. The molecule has 0 atom stereocenters. The van der Waals surface area contributed by atoms with Gasteiger partial charge in [-0.05, 0) is 12.1 Å². The lowest BCUT2D eigenvalue weighted by molar-refractivity contribution is 0.0603. The highest BCUT2D eigenvalue weighted by atomic mass is 32.1. The number of carbonyl (C=O) groups is 1. The third-order valence-electron chi connectivity index (χ3n) is 2.15. The molecular formula is C10H10N2O3S. The predicted octanol–water partition coefficient (Wildman–Crippen LogP) is 1.67. The van der Waals surface area contributed by atoms with Crippen molar-refractivity contribution in [2.24, 2.45) is 0 Å². The van der Waals surface area contributed by atoms with Crippen molar-refractivity contribution in [1.82, 2.24) is 4.98 Å². The molecule has 0 saturated carbocycles. The number of rotatable bonds is 2. The second-order valence-electron chi connectivity index (χ2n) is 3.04. The molecule has 0 amide bonds. The van der Waals surface area contributed by atoms with E-state index in [1.807, 2.05) is 0 Å². The zero-order chi connectivity index (χ0) is 11.7. The summed E-state index contributed by atoms with van der Waals surface area (Å²) in [5.41, 5.74) is 6.67. The highest BCUT2D eigenvalue weighted by molar-refractivity contribution is 7.22. The molecule has 2 N–H and O–H groups in total. The Balaban J connectivity index is 2.73. The van der Waals surface area contributed by atoms with Crippen molar-refractivity contribution in [2.45, 2.75) is 0 Å². The zero-order valence-electron chi connectivity index (χ0n) is 8.81. The number of methoxy groups -OCH3 is 2. The van der Waals surface area contributed by atoms with Gasteiger partial charge in [-0.1, -0.05) is 11.3 Å². The Morgan fingerprint density at radius 3 is 2.81 bits per heavy atom. The number of hydrogen-bond donors (Lipinski definition) is 1. The van der Waals surface area contributed by atoms with E-state index >= 15 is 0 Å². The molecule has 2 rings (SSSR count). The number of nitrogens with zero attached hydrogens (tertiary/aromatic N) is 1. The molecular weight excluding hydrogens is 228 g/mol. The lowest BCUT2D eigenvalue weighted by Crippen LogP contribution is -2.01. The van der Waals surface area contributed by atoms with E-state index in [1.54, 1.807) is 19.2 Å². The van der Waals surface area contributed by atoms with E-state index in [4.69, 9.17) is 10.5 Å². The molecule has 1 heterocycles. The largest absolute Gasteiger partial charge is 0.494 e. The van der Waals surface area contributed by atoms with Gasteiger partial charge in [0.15, 0.2) is 5.13 Å². The molecule has 1 aromatic carbocycles. The molecule has 0 fully saturated rings. The van der Waals surface area contributed by atoms with Gasteiger partial charge in [0.2, 0.25) is 0 Å². The van der Waals surface area contributed by atoms with Gasteiger partial charge in [-0.2, -0.15) is 0 Å². The van der Waals surface area contributed by atoms with Crippen LogP contribution in [0.15, 0.2) is 12.1 Å². The van der Waals surface area contributed by atoms with Crippen LogP contribution in [0.1, 0.15) is 10.4 Å².